The van der Waals surface area contributed by atoms with Gasteiger partial charge in [-0.05, 0) is 24.8 Å². The van der Waals surface area contributed by atoms with E-state index in [-0.39, 0.29) is 0 Å². The number of hydrogen-bond acceptors (Lipinski definition) is 2. The highest BCUT2D eigenvalue weighted by Gasteiger charge is 2.16. The lowest BCUT2D eigenvalue weighted by atomic mass is 10.1. The highest BCUT2D eigenvalue weighted by Crippen LogP contribution is 2.29. The number of aryl methyl sites for hydroxylation is 1. The van der Waals surface area contributed by atoms with Crippen LogP contribution in [0.5, 0.6) is 0 Å². The van der Waals surface area contributed by atoms with E-state index in [0.29, 0.717) is 12.2 Å². The molecule has 0 heterocycles. The number of benzene rings is 1. The van der Waals surface area contributed by atoms with Crippen molar-refractivity contribution in [3.63, 3.8) is 0 Å². The molecular formula is C15H20OS. The monoisotopic (exact) mass is 248 g/mol. The topological polar surface area (TPSA) is 17.1 Å². The van der Waals surface area contributed by atoms with Crippen molar-refractivity contribution in [3.05, 3.63) is 35.9 Å². The maximum atomic E-state index is 11.8. The average Bonchev–Trinajstić information content (AvgIpc) is 2.88. The minimum Gasteiger partial charge on any atom is -0.299 e. The first-order valence-corrected chi connectivity index (χ1v) is 7.57. The molecule has 1 nitrogen and oxygen atoms in total. The molecule has 1 saturated carbocycles. The Morgan fingerprint density at radius 2 is 1.88 bits per heavy atom. The molecule has 0 aliphatic heterocycles. The van der Waals surface area contributed by atoms with Crippen molar-refractivity contribution in [1.82, 2.24) is 0 Å². The molecule has 2 heteroatoms. The minimum absolute atomic E-state index is 0.408. The summed E-state index contributed by atoms with van der Waals surface area (Å²) < 4.78 is 0. The predicted molar refractivity (Wildman–Crippen MR) is 74.5 cm³/mol. The van der Waals surface area contributed by atoms with Gasteiger partial charge in [0.05, 0.1) is 5.75 Å². The van der Waals surface area contributed by atoms with Gasteiger partial charge in [-0.25, -0.2) is 0 Å². The summed E-state index contributed by atoms with van der Waals surface area (Å²) in [6, 6.07) is 10.3. The second-order valence-corrected chi connectivity index (χ2v) is 6.03. The third-order valence-electron chi connectivity index (χ3n) is 3.32. The first-order chi connectivity index (χ1) is 8.34. The van der Waals surface area contributed by atoms with E-state index in [1.54, 1.807) is 0 Å². The van der Waals surface area contributed by atoms with Crippen LogP contribution in [0.1, 0.15) is 37.7 Å². The smallest absolute Gasteiger partial charge is 0.143 e. The number of Topliss-reactive ketones (excluding diaryl/α,β-unsaturated/α-hetero) is 1. The lowest BCUT2D eigenvalue weighted by Gasteiger charge is -2.07. The summed E-state index contributed by atoms with van der Waals surface area (Å²) in [6.45, 7) is 0. The zero-order chi connectivity index (χ0) is 11.9. The third-order valence-corrected chi connectivity index (χ3v) is 4.75. The normalized spacial score (nSPS) is 16.2. The Balaban J connectivity index is 1.64. The lowest BCUT2D eigenvalue weighted by molar-refractivity contribution is -0.116. The van der Waals surface area contributed by atoms with Crippen molar-refractivity contribution < 1.29 is 4.79 Å². The van der Waals surface area contributed by atoms with Crippen LogP contribution in [-0.2, 0) is 11.2 Å². The predicted octanol–water partition coefficient (Wildman–Crippen LogP) is 3.86. The third kappa shape index (κ3) is 4.55. The van der Waals surface area contributed by atoms with Crippen molar-refractivity contribution in [2.24, 2.45) is 0 Å². The lowest BCUT2D eigenvalue weighted by Crippen LogP contribution is -2.07. The van der Waals surface area contributed by atoms with Gasteiger partial charge in [0.15, 0.2) is 0 Å². The second kappa shape index (κ2) is 6.85. The van der Waals surface area contributed by atoms with Crippen LogP contribution in [0.15, 0.2) is 30.3 Å². The molecule has 0 unspecified atom stereocenters. The molecule has 1 aliphatic rings. The molecule has 2 rings (SSSR count). The van der Waals surface area contributed by atoms with Crippen molar-refractivity contribution in [2.75, 3.05) is 5.75 Å². The maximum absolute atomic E-state index is 11.8. The zero-order valence-electron chi connectivity index (χ0n) is 10.2. The summed E-state index contributed by atoms with van der Waals surface area (Å²) in [5.74, 6) is 1.13. The fourth-order valence-corrected chi connectivity index (χ4v) is 3.50. The van der Waals surface area contributed by atoms with Crippen LogP contribution >= 0.6 is 11.8 Å². The number of ketones is 1. The minimum atomic E-state index is 0.408. The Kier molecular flexibility index (Phi) is 5.11. The van der Waals surface area contributed by atoms with Gasteiger partial charge in [0.25, 0.3) is 0 Å². The molecular weight excluding hydrogens is 228 g/mol. The Hall–Kier alpha value is -0.760. The van der Waals surface area contributed by atoms with Gasteiger partial charge in [-0.15, -0.1) is 0 Å². The summed E-state index contributed by atoms with van der Waals surface area (Å²) in [5.41, 5.74) is 1.27. The number of thioether (sulfide) groups is 1. The van der Waals surface area contributed by atoms with E-state index >= 15 is 0 Å². The molecule has 0 aromatic heterocycles. The highest BCUT2D eigenvalue weighted by molar-refractivity contribution is 8.00. The molecule has 0 N–H and O–H groups in total. The summed E-state index contributed by atoms with van der Waals surface area (Å²) in [5, 5.41) is 0.760. The number of rotatable bonds is 6. The van der Waals surface area contributed by atoms with E-state index in [1.807, 2.05) is 30.0 Å². The standard InChI is InChI=1S/C15H20OS/c16-14(12-17-15-8-4-5-9-15)11-10-13-6-2-1-3-7-13/h1-3,6-7,15H,4-5,8-12H2. The SMILES string of the molecule is O=C(CCc1ccccc1)CSC1CCCC1. The van der Waals surface area contributed by atoms with E-state index in [9.17, 15) is 4.79 Å². The molecule has 1 aromatic rings. The van der Waals surface area contributed by atoms with Crippen LogP contribution in [0.25, 0.3) is 0 Å². The Morgan fingerprint density at radius 3 is 2.59 bits per heavy atom. The average molecular weight is 248 g/mol. The Bertz CT molecular complexity index is 341. The molecule has 0 atom stereocenters. The van der Waals surface area contributed by atoms with Crippen LogP contribution < -0.4 is 0 Å². The second-order valence-electron chi connectivity index (χ2n) is 4.74. The fourth-order valence-electron chi connectivity index (χ4n) is 2.27. The van der Waals surface area contributed by atoms with E-state index in [2.05, 4.69) is 12.1 Å². The van der Waals surface area contributed by atoms with E-state index < -0.39 is 0 Å². The maximum Gasteiger partial charge on any atom is 0.143 e. The van der Waals surface area contributed by atoms with Crippen molar-refractivity contribution in [1.29, 1.82) is 0 Å². The first kappa shape index (κ1) is 12.7. The molecule has 1 aliphatic carbocycles. The van der Waals surface area contributed by atoms with Crippen LogP contribution in [-0.4, -0.2) is 16.8 Å². The van der Waals surface area contributed by atoms with Gasteiger partial charge in [-0.2, -0.15) is 11.8 Å². The largest absolute Gasteiger partial charge is 0.299 e. The Morgan fingerprint density at radius 1 is 1.18 bits per heavy atom. The van der Waals surface area contributed by atoms with Crippen molar-refractivity contribution in [2.45, 2.75) is 43.8 Å². The van der Waals surface area contributed by atoms with Crippen molar-refractivity contribution in [3.8, 4) is 0 Å². The van der Waals surface area contributed by atoms with E-state index in [4.69, 9.17) is 0 Å². The van der Waals surface area contributed by atoms with E-state index in [1.165, 1.54) is 31.2 Å². The van der Waals surface area contributed by atoms with Gasteiger partial charge in [0, 0.05) is 11.7 Å². The first-order valence-electron chi connectivity index (χ1n) is 6.52. The summed E-state index contributed by atoms with van der Waals surface area (Å²) in [6.07, 6.45) is 6.94. The van der Waals surface area contributed by atoms with Gasteiger partial charge in [0.2, 0.25) is 0 Å². The molecule has 92 valence electrons. The molecule has 0 bridgehead atoms. The van der Waals surface area contributed by atoms with Gasteiger partial charge in [0.1, 0.15) is 5.78 Å². The molecule has 17 heavy (non-hydrogen) atoms. The van der Waals surface area contributed by atoms with Gasteiger partial charge < -0.3 is 0 Å². The highest BCUT2D eigenvalue weighted by atomic mass is 32.2. The summed E-state index contributed by atoms with van der Waals surface area (Å²) in [4.78, 5) is 11.8. The quantitative estimate of drug-likeness (QED) is 0.760. The fraction of sp³-hybridized carbons (Fsp3) is 0.533. The Labute approximate surface area is 108 Å². The van der Waals surface area contributed by atoms with Crippen molar-refractivity contribution >= 4 is 17.5 Å². The van der Waals surface area contributed by atoms with Crippen LogP contribution in [0.4, 0.5) is 0 Å². The van der Waals surface area contributed by atoms with Crippen LogP contribution in [0.2, 0.25) is 0 Å². The number of hydrogen-bond donors (Lipinski definition) is 0. The zero-order valence-corrected chi connectivity index (χ0v) is 11.0. The molecule has 0 radical (unpaired) electrons. The van der Waals surface area contributed by atoms with Crippen LogP contribution in [0.3, 0.4) is 0 Å². The summed E-state index contributed by atoms with van der Waals surface area (Å²) in [7, 11) is 0. The van der Waals surface area contributed by atoms with Gasteiger partial charge in [-0.1, -0.05) is 43.2 Å². The summed E-state index contributed by atoms with van der Waals surface area (Å²) >= 11 is 1.88. The molecule has 0 spiro atoms. The van der Waals surface area contributed by atoms with Crippen LogP contribution in [0, 0.1) is 0 Å². The molecule has 0 amide bonds. The molecule has 0 saturated heterocycles. The number of carbonyl (C=O) groups is 1. The van der Waals surface area contributed by atoms with E-state index in [0.717, 1.165) is 17.4 Å². The number of carbonyl (C=O) groups excluding carboxylic acids is 1. The van der Waals surface area contributed by atoms with Gasteiger partial charge in [-0.3, -0.25) is 4.79 Å². The molecule has 1 aromatic carbocycles. The molecule has 1 fully saturated rings. The van der Waals surface area contributed by atoms with Gasteiger partial charge >= 0.3 is 0 Å².